The maximum absolute atomic E-state index is 13.9. The van der Waals surface area contributed by atoms with E-state index in [0.29, 0.717) is 0 Å². The first-order valence-corrected chi connectivity index (χ1v) is 13.1. The average molecular weight is 1100 g/mol. The quantitative estimate of drug-likeness (QED) is 0.0774. The van der Waals surface area contributed by atoms with Crippen molar-refractivity contribution in [3.63, 3.8) is 0 Å². The van der Waals surface area contributed by atoms with E-state index in [1.165, 1.54) is 0 Å². The van der Waals surface area contributed by atoms with Gasteiger partial charge in [0, 0.05) is 22.6 Å². The molecule has 0 aromatic rings. The van der Waals surface area contributed by atoms with Gasteiger partial charge in [0.1, 0.15) is 0 Å². The summed E-state index contributed by atoms with van der Waals surface area (Å²) in [5, 5.41) is 0. The SMILES string of the molecule is FC(F)(F)C(F)(F)C(F)(F)C(F)(F)C(F)(F)C(F)(F)C(F)(F)C(F)(F)C(F)(F)C(F)(F)C(F)(F)C(F)(F)C(F)(F)C(F)(F)C(F)(F)C(F)(F)C(F)(F)C(F)(F)C(F)(F)I. The molecule has 0 spiro atoms. The maximum atomic E-state index is 13.9. The fraction of sp³-hybridized carbons (Fsp3) is 1.00. The zero-order chi connectivity index (χ0) is 49.5. The summed E-state index contributed by atoms with van der Waals surface area (Å²) in [7, 11) is 0. The first-order valence-electron chi connectivity index (χ1n) is 12.1. The van der Waals surface area contributed by atoms with Gasteiger partial charge in [0.15, 0.2) is 0 Å². The minimum absolute atomic E-state index is 1.47. The average Bonchev–Trinajstić information content (AvgIpc) is 2.98. The van der Waals surface area contributed by atoms with Crippen LogP contribution in [0.1, 0.15) is 0 Å². The summed E-state index contributed by atoms with van der Waals surface area (Å²) in [5.74, 6) is -169. The minimum atomic E-state index is -10.5. The molecule has 59 heavy (non-hydrogen) atoms. The lowest BCUT2D eigenvalue weighted by Crippen LogP contribution is -2.80. The van der Waals surface area contributed by atoms with E-state index in [0.717, 1.165) is 0 Å². The lowest BCUT2D eigenvalue weighted by atomic mass is 9.82. The molecule has 356 valence electrons. The first kappa shape index (κ1) is 57.0. The van der Waals surface area contributed by atoms with Gasteiger partial charge in [0.05, 0.1) is 0 Å². The second kappa shape index (κ2) is 13.5. The predicted octanol–water partition coefficient (Wildman–Crippen LogP) is 13.4. The zero-order valence-electron chi connectivity index (χ0n) is 24.6. The summed E-state index contributed by atoms with van der Waals surface area (Å²) >= 11 is -1.47. The summed E-state index contributed by atoms with van der Waals surface area (Å²) in [4.78, 5) is 0. The van der Waals surface area contributed by atoms with Crippen LogP contribution in [0.4, 0.5) is 171 Å². The molecule has 0 rings (SSSR count). The summed E-state index contributed by atoms with van der Waals surface area (Å²) in [5.41, 5.74) is 0. The highest BCUT2D eigenvalue weighted by Crippen LogP contribution is 2.71. The molecule has 0 bridgehead atoms. The largest absolute Gasteiger partial charge is 0.460 e. The highest BCUT2D eigenvalue weighted by molar-refractivity contribution is 14.1. The van der Waals surface area contributed by atoms with Crippen LogP contribution < -0.4 is 0 Å². The van der Waals surface area contributed by atoms with Crippen LogP contribution in [0.15, 0.2) is 0 Å². The Balaban J connectivity index is 7.92. The van der Waals surface area contributed by atoms with Crippen molar-refractivity contribution in [3.05, 3.63) is 0 Å². The van der Waals surface area contributed by atoms with Crippen molar-refractivity contribution < 1.29 is 171 Å². The summed E-state index contributed by atoms with van der Waals surface area (Å²) in [6, 6.07) is 0. The number of halogens is 40. The molecule has 0 fully saturated rings. The van der Waals surface area contributed by atoms with E-state index in [4.69, 9.17) is 0 Å². The number of hydrogen-bond donors (Lipinski definition) is 0. The molecular formula is C19F39I. The second-order valence-corrected chi connectivity index (χ2v) is 12.1. The smallest absolute Gasteiger partial charge is 0.192 e. The summed E-state index contributed by atoms with van der Waals surface area (Å²) in [6.07, 6.45) is -8.49. The Morgan fingerprint density at radius 2 is 0.220 bits per heavy atom. The molecular weight excluding hydrogens is 1100 g/mol. The van der Waals surface area contributed by atoms with Gasteiger partial charge in [-0.3, -0.25) is 0 Å². The first-order chi connectivity index (χ1) is 24.5. The van der Waals surface area contributed by atoms with Gasteiger partial charge in [-0.1, -0.05) is 0 Å². The van der Waals surface area contributed by atoms with Gasteiger partial charge in [-0.05, 0) is 0 Å². The van der Waals surface area contributed by atoms with Crippen LogP contribution in [0.5, 0.6) is 0 Å². The summed E-state index contributed by atoms with van der Waals surface area (Å²) < 4.78 is 517. The van der Waals surface area contributed by atoms with Crippen molar-refractivity contribution in [2.24, 2.45) is 0 Å². The van der Waals surface area contributed by atoms with Crippen LogP contribution >= 0.6 is 22.6 Å². The molecule has 0 saturated heterocycles. The molecule has 0 N–H and O–H groups in total. The van der Waals surface area contributed by atoms with E-state index in [9.17, 15) is 171 Å². The fourth-order valence-corrected chi connectivity index (χ4v) is 3.65. The van der Waals surface area contributed by atoms with E-state index >= 15 is 0 Å². The Morgan fingerprint density at radius 1 is 0.136 bits per heavy atom. The molecule has 0 radical (unpaired) electrons. The molecule has 0 saturated carbocycles. The minimum Gasteiger partial charge on any atom is -0.192 e. The summed E-state index contributed by atoms with van der Waals surface area (Å²) in [6.45, 7) is 0. The monoisotopic (exact) mass is 1100 g/mol. The molecule has 0 aliphatic heterocycles. The number of rotatable bonds is 17. The topological polar surface area (TPSA) is 0 Å². The molecule has 0 aromatic carbocycles. The van der Waals surface area contributed by atoms with Crippen molar-refractivity contribution in [2.45, 2.75) is 111 Å². The Kier molecular flexibility index (Phi) is 13.0. The van der Waals surface area contributed by atoms with Gasteiger partial charge in [-0.2, -0.15) is 171 Å². The van der Waals surface area contributed by atoms with Crippen LogP contribution in [-0.4, -0.2) is 111 Å². The van der Waals surface area contributed by atoms with Crippen LogP contribution in [0, 0.1) is 0 Å². The molecule has 0 nitrogen and oxygen atoms in total. The molecule has 0 atom stereocenters. The van der Waals surface area contributed by atoms with E-state index in [-0.39, 0.29) is 0 Å². The van der Waals surface area contributed by atoms with Gasteiger partial charge < -0.3 is 0 Å². The van der Waals surface area contributed by atoms with Gasteiger partial charge in [-0.25, -0.2) is 0 Å². The van der Waals surface area contributed by atoms with E-state index in [1.807, 2.05) is 0 Å². The molecule has 0 aliphatic rings. The number of hydrogen-bond acceptors (Lipinski definition) is 0. The van der Waals surface area contributed by atoms with Gasteiger partial charge >= 0.3 is 111 Å². The van der Waals surface area contributed by atoms with E-state index in [2.05, 4.69) is 0 Å². The third-order valence-corrected chi connectivity index (χ3v) is 7.70. The highest BCUT2D eigenvalue weighted by Gasteiger charge is 3.03. The zero-order valence-corrected chi connectivity index (χ0v) is 26.8. The third kappa shape index (κ3) is 6.38. The Hall–Kier alpha value is -2.00. The van der Waals surface area contributed by atoms with Crippen molar-refractivity contribution in [1.29, 1.82) is 0 Å². The molecule has 40 heteroatoms. The molecule has 0 amide bonds. The number of alkyl halides is 40. The lowest BCUT2D eigenvalue weighted by molar-refractivity contribution is -0.494. The molecule has 0 aromatic heterocycles. The Labute approximate surface area is 305 Å². The van der Waals surface area contributed by atoms with Gasteiger partial charge in [-0.15, -0.1) is 0 Å². The van der Waals surface area contributed by atoms with E-state index < -0.39 is 133 Å². The second-order valence-electron chi connectivity index (χ2n) is 10.8. The Morgan fingerprint density at radius 3 is 0.305 bits per heavy atom. The lowest BCUT2D eigenvalue weighted by Gasteiger charge is -2.47. The third-order valence-electron chi connectivity index (χ3n) is 7.02. The van der Waals surface area contributed by atoms with Crippen LogP contribution in [-0.2, 0) is 0 Å². The molecule has 0 heterocycles. The Bertz CT molecular complexity index is 1420. The van der Waals surface area contributed by atoms with Crippen molar-refractivity contribution in [3.8, 4) is 0 Å². The van der Waals surface area contributed by atoms with Gasteiger partial charge in [0.2, 0.25) is 0 Å². The van der Waals surface area contributed by atoms with Crippen molar-refractivity contribution in [2.75, 3.05) is 0 Å². The normalized spacial score (nSPS) is 17.5. The van der Waals surface area contributed by atoms with Crippen LogP contribution in [0.25, 0.3) is 0 Å². The standard InChI is InChI=1S/C19F39I/c20-1(21,2(22,23)4(26,27)6(30,31)8(34,35)10(38,39)12(42,43)14(46,47)16(50,51)18(54,55)56)3(24,25)5(28,29)7(32,33)9(36,37)11(40,41)13(44,45)15(48,49)17(52,53)19(57,58)59. The highest BCUT2D eigenvalue weighted by atomic mass is 127. The van der Waals surface area contributed by atoms with E-state index in [1.54, 1.807) is 0 Å². The van der Waals surface area contributed by atoms with Crippen molar-refractivity contribution in [1.82, 2.24) is 0 Å². The maximum Gasteiger partial charge on any atom is 0.460 e. The van der Waals surface area contributed by atoms with Gasteiger partial charge in [0.25, 0.3) is 0 Å². The van der Waals surface area contributed by atoms with Crippen LogP contribution in [0.3, 0.4) is 0 Å². The molecule has 0 unspecified atom stereocenters. The molecule has 0 aliphatic carbocycles. The predicted molar refractivity (Wildman–Crippen MR) is 109 cm³/mol. The fourth-order valence-electron chi connectivity index (χ4n) is 3.31. The van der Waals surface area contributed by atoms with Crippen LogP contribution in [0.2, 0.25) is 0 Å². The van der Waals surface area contributed by atoms with Crippen molar-refractivity contribution >= 4 is 22.6 Å².